The molecule has 0 unspecified atom stereocenters. The van der Waals surface area contributed by atoms with Crippen molar-refractivity contribution in [2.45, 2.75) is 71.0 Å². The average molecular weight is 324 g/mol. The molecule has 90 valence electrons. The maximum Gasteiger partial charge on any atom is 0.0775 e. The zero-order valence-electron chi connectivity index (χ0n) is 10.4. The minimum atomic E-state index is 0.212. The Hall–Kier alpha value is 0.690. The van der Waals surface area contributed by atoms with Gasteiger partial charge in [0.25, 0.3) is 0 Å². The first kappa shape index (κ1) is 13.8. The predicted molar refractivity (Wildman–Crippen MR) is 74.7 cm³/mol. The van der Waals surface area contributed by atoms with Crippen LogP contribution in [0.5, 0.6) is 0 Å². The Kier molecular flexibility index (Phi) is 5.90. The van der Waals surface area contributed by atoms with E-state index in [2.05, 4.69) is 43.4 Å². The van der Waals surface area contributed by atoms with Crippen LogP contribution in [0, 0.1) is 5.92 Å². The van der Waals surface area contributed by atoms with E-state index in [1.807, 2.05) is 0 Å². The summed E-state index contributed by atoms with van der Waals surface area (Å²) in [6.45, 7) is 6.84. The molecule has 1 fully saturated rings. The number of halogens is 1. The SMILES string of the molecule is CCC(CC)OC1(CI)CCC(C)CC1. The van der Waals surface area contributed by atoms with Crippen LogP contribution in [0.3, 0.4) is 0 Å². The Morgan fingerprint density at radius 3 is 2.20 bits per heavy atom. The van der Waals surface area contributed by atoms with Crippen LogP contribution in [-0.2, 0) is 4.74 Å². The Morgan fingerprint density at radius 1 is 1.27 bits per heavy atom. The third kappa shape index (κ3) is 3.88. The van der Waals surface area contributed by atoms with Gasteiger partial charge in [-0.2, -0.15) is 0 Å². The molecule has 0 aromatic heterocycles. The predicted octanol–water partition coefficient (Wildman–Crippen LogP) is 4.58. The van der Waals surface area contributed by atoms with Crippen molar-refractivity contribution >= 4 is 22.6 Å². The van der Waals surface area contributed by atoms with Crippen LogP contribution in [0.4, 0.5) is 0 Å². The van der Waals surface area contributed by atoms with Gasteiger partial charge in [0.1, 0.15) is 0 Å². The average Bonchev–Trinajstić information content (AvgIpc) is 2.29. The van der Waals surface area contributed by atoms with Crippen LogP contribution < -0.4 is 0 Å². The number of ether oxygens (including phenoxy) is 1. The van der Waals surface area contributed by atoms with Crippen molar-refractivity contribution in [3.05, 3.63) is 0 Å². The molecular weight excluding hydrogens is 299 g/mol. The molecule has 1 rings (SSSR count). The lowest BCUT2D eigenvalue weighted by Crippen LogP contribution is -2.41. The molecule has 0 N–H and O–H groups in total. The number of hydrogen-bond acceptors (Lipinski definition) is 1. The zero-order chi connectivity index (χ0) is 11.3. The second kappa shape index (κ2) is 6.43. The maximum atomic E-state index is 6.37. The van der Waals surface area contributed by atoms with Crippen molar-refractivity contribution < 1.29 is 4.74 Å². The highest BCUT2D eigenvalue weighted by Gasteiger charge is 2.35. The molecule has 2 heteroatoms. The van der Waals surface area contributed by atoms with E-state index in [4.69, 9.17) is 4.74 Å². The van der Waals surface area contributed by atoms with Gasteiger partial charge in [-0.3, -0.25) is 0 Å². The quantitative estimate of drug-likeness (QED) is 0.531. The monoisotopic (exact) mass is 324 g/mol. The molecule has 0 aliphatic heterocycles. The molecule has 1 aliphatic rings. The van der Waals surface area contributed by atoms with Gasteiger partial charge < -0.3 is 4.74 Å². The van der Waals surface area contributed by atoms with E-state index >= 15 is 0 Å². The summed E-state index contributed by atoms with van der Waals surface area (Å²) in [7, 11) is 0. The molecule has 0 amide bonds. The van der Waals surface area contributed by atoms with Crippen LogP contribution in [0.2, 0.25) is 0 Å². The molecule has 15 heavy (non-hydrogen) atoms. The minimum Gasteiger partial charge on any atom is -0.371 e. The highest BCUT2D eigenvalue weighted by Crippen LogP contribution is 2.37. The van der Waals surface area contributed by atoms with Crippen molar-refractivity contribution in [1.82, 2.24) is 0 Å². The molecule has 1 saturated carbocycles. The number of hydrogen-bond donors (Lipinski definition) is 0. The smallest absolute Gasteiger partial charge is 0.0775 e. The summed E-state index contributed by atoms with van der Waals surface area (Å²) in [4.78, 5) is 0. The molecule has 0 aromatic rings. The van der Waals surface area contributed by atoms with Gasteiger partial charge in [0.2, 0.25) is 0 Å². The van der Waals surface area contributed by atoms with Crippen molar-refractivity contribution in [3.8, 4) is 0 Å². The van der Waals surface area contributed by atoms with Crippen LogP contribution >= 0.6 is 22.6 Å². The number of alkyl halides is 1. The fourth-order valence-electron chi connectivity index (χ4n) is 2.38. The summed E-state index contributed by atoms with van der Waals surface area (Å²) < 4.78 is 7.53. The van der Waals surface area contributed by atoms with E-state index in [0.29, 0.717) is 6.10 Å². The summed E-state index contributed by atoms with van der Waals surface area (Å²) in [5.41, 5.74) is 0.212. The van der Waals surface area contributed by atoms with Crippen LogP contribution in [0.1, 0.15) is 59.3 Å². The molecule has 0 radical (unpaired) electrons. The Morgan fingerprint density at radius 2 is 1.80 bits per heavy atom. The van der Waals surface area contributed by atoms with E-state index in [1.54, 1.807) is 0 Å². The first-order valence-corrected chi connectivity index (χ1v) is 7.92. The van der Waals surface area contributed by atoms with Crippen LogP contribution in [0.25, 0.3) is 0 Å². The van der Waals surface area contributed by atoms with E-state index < -0.39 is 0 Å². The third-order valence-corrected chi connectivity index (χ3v) is 5.15. The Bertz CT molecular complexity index is 169. The Balaban J connectivity index is 2.52. The van der Waals surface area contributed by atoms with Gasteiger partial charge >= 0.3 is 0 Å². The minimum absolute atomic E-state index is 0.212. The lowest BCUT2D eigenvalue weighted by molar-refractivity contribution is -0.104. The van der Waals surface area contributed by atoms with E-state index in [0.717, 1.165) is 23.2 Å². The zero-order valence-corrected chi connectivity index (χ0v) is 12.5. The highest BCUT2D eigenvalue weighted by molar-refractivity contribution is 14.1. The molecule has 0 atom stereocenters. The molecule has 1 aliphatic carbocycles. The van der Waals surface area contributed by atoms with Crippen LogP contribution in [0.15, 0.2) is 0 Å². The van der Waals surface area contributed by atoms with Crippen LogP contribution in [-0.4, -0.2) is 16.1 Å². The van der Waals surface area contributed by atoms with Gasteiger partial charge in [0.05, 0.1) is 11.7 Å². The van der Waals surface area contributed by atoms with Gasteiger partial charge in [-0.1, -0.05) is 43.4 Å². The normalized spacial score (nSPS) is 32.2. The fraction of sp³-hybridized carbons (Fsp3) is 1.00. The van der Waals surface area contributed by atoms with Crippen molar-refractivity contribution in [1.29, 1.82) is 0 Å². The largest absolute Gasteiger partial charge is 0.371 e. The van der Waals surface area contributed by atoms with Gasteiger partial charge in [-0.25, -0.2) is 0 Å². The molecule has 0 spiro atoms. The van der Waals surface area contributed by atoms with Gasteiger partial charge in [0, 0.05) is 4.43 Å². The summed E-state index contributed by atoms with van der Waals surface area (Å²) in [5.74, 6) is 0.909. The third-order valence-electron chi connectivity index (χ3n) is 3.76. The molecule has 1 nitrogen and oxygen atoms in total. The van der Waals surface area contributed by atoms with Crippen molar-refractivity contribution in [3.63, 3.8) is 0 Å². The molecule has 0 saturated heterocycles. The first-order valence-electron chi connectivity index (χ1n) is 6.39. The molecule has 0 bridgehead atoms. The fourth-order valence-corrected chi connectivity index (χ4v) is 3.32. The molecular formula is C13H25IO. The summed E-state index contributed by atoms with van der Waals surface area (Å²) in [6, 6.07) is 0. The second-order valence-electron chi connectivity index (χ2n) is 5.06. The van der Waals surface area contributed by atoms with E-state index in [1.165, 1.54) is 25.7 Å². The summed E-state index contributed by atoms with van der Waals surface area (Å²) >= 11 is 2.51. The van der Waals surface area contributed by atoms with Gasteiger partial charge in [-0.05, 0) is 44.4 Å². The topological polar surface area (TPSA) is 9.23 Å². The first-order chi connectivity index (χ1) is 7.15. The second-order valence-corrected chi connectivity index (χ2v) is 5.82. The van der Waals surface area contributed by atoms with Gasteiger partial charge in [0.15, 0.2) is 0 Å². The van der Waals surface area contributed by atoms with E-state index in [-0.39, 0.29) is 5.60 Å². The standard InChI is InChI=1S/C13H25IO/c1-4-12(5-2)15-13(10-14)8-6-11(3)7-9-13/h11-12H,4-10H2,1-3H3. The molecule has 0 heterocycles. The van der Waals surface area contributed by atoms with Gasteiger partial charge in [-0.15, -0.1) is 0 Å². The molecule has 0 aromatic carbocycles. The number of rotatable bonds is 5. The Labute approximate surface area is 108 Å². The maximum absolute atomic E-state index is 6.37. The summed E-state index contributed by atoms with van der Waals surface area (Å²) in [5, 5.41) is 0. The summed E-state index contributed by atoms with van der Waals surface area (Å²) in [6.07, 6.45) is 8.04. The highest BCUT2D eigenvalue weighted by atomic mass is 127. The van der Waals surface area contributed by atoms with E-state index in [9.17, 15) is 0 Å². The van der Waals surface area contributed by atoms with Crippen molar-refractivity contribution in [2.24, 2.45) is 5.92 Å². The lowest BCUT2D eigenvalue weighted by atomic mass is 9.80. The van der Waals surface area contributed by atoms with Crippen molar-refractivity contribution in [2.75, 3.05) is 4.43 Å². The lowest BCUT2D eigenvalue weighted by Gasteiger charge is -2.40.